The Labute approximate surface area is 233 Å². The number of hydrogen-bond acceptors (Lipinski definition) is 8. The van der Waals surface area contributed by atoms with Crippen LogP contribution in [0, 0.1) is 5.92 Å². The first-order valence-electron chi connectivity index (χ1n) is 13.6. The van der Waals surface area contributed by atoms with Gasteiger partial charge in [0.1, 0.15) is 5.01 Å². The lowest BCUT2D eigenvalue weighted by Gasteiger charge is -2.38. The van der Waals surface area contributed by atoms with E-state index in [-0.39, 0.29) is 12.1 Å². The maximum absolute atomic E-state index is 13.5. The van der Waals surface area contributed by atoms with E-state index in [1.165, 1.54) is 6.20 Å². The SMILES string of the molecule is C=Nc1ncc(NC(=O)C(=O)N2C[C@@H](C)CC[C@@H]2c2ccc3sc(C4CN(C)CCN4C)nc3c2)cc1CC. The Morgan fingerprint density at radius 2 is 1.97 bits per heavy atom. The number of piperidine rings is 1. The van der Waals surface area contributed by atoms with Gasteiger partial charge in [0, 0.05) is 26.2 Å². The summed E-state index contributed by atoms with van der Waals surface area (Å²) >= 11 is 1.74. The maximum atomic E-state index is 13.5. The highest BCUT2D eigenvalue weighted by Gasteiger charge is 2.35. The largest absolute Gasteiger partial charge is 0.327 e. The number of nitrogens with zero attached hydrogens (tertiary/aromatic N) is 6. The van der Waals surface area contributed by atoms with Crippen molar-refractivity contribution in [1.29, 1.82) is 0 Å². The summed E-state index contributed by atoms with van der Waals surface area (Å²) in [5, 5.41) is 3.88. The Morgan fingerprint density at radius 1 is 1.15 bits per heavy atom. The molecule has 0 aliphatic carbocycles. The molecule has 2 aliphatic rings. The second-order valence-corrected chi connectivity index (χ2v) is 11.9. The molecule has 4 heterocycles. The third kappa shape index (κ3) is 5.73. The van der Waals surface area contributed by atoms with Crippen LogP contribution in [0.15, 0.2) is 35.5 Å². The number of aliphatic imine (C=N–C) groups is 1. The highest BCUT2D eigenvalue weighted by molar-refractivity contribution is 7.18. The van der Waals surface area contributed by atoms with Gasteiger partial charge in [-0.25, -0.2) is 15.0 Å². The minimum Gasteiger partial charge on any atom is -0.327 e. The van der Waals surface area contributed by atoms with Crippen LogP contribution in [-0.2, 0) is 16.0 Å². The lowest BCUT2D eigenvalue weighted by molar-refractivity contribution is -0.146. The molecule has 0 spiro atoms. The Balaban J connectivity index is 1.37. The molecule has 5 rings (SSSR count). The molecule has 3 atom stereocenters. The van der Waals surface area contributed by atoms with E-state index in [4.69, 9.17) is 4.98 Å². The number of pyridine rings is 1. The number of rotatable bonds is 5. The number of aryl methyl sites for hydroxylation is 1. The van der Waals surface area contributed by atoms with Gasteiger partial charge in [0.2, 0.25) is 0 Å². The van der Waals surface area contributed by atoms with Crippen molar-refractivity contribution < 1.29 is 9.59 Å². The fourth-order valence-corrected chi connectivity index (χ4v) is 6.71. The zero-order chi connectivity index (χ0) is 27.7. The Bertz CT molecular complexity index is 1390. The van der Waals surface area contributed by atoms with Gasteiger partial charge in [0.05, 0.1) is 34.2 Å². The van der Waals surface area contributed by atoms with Crippen molar-refractivity contribution >= 4 is 51.6 Å². The van der Waals surface area contributed by atoms with Gasteiger partial charge in [-0.2, -0.15) is 0 Å². The summed E-state index contributed by atoms with van der Waals surface area (Å²) in [6.45, 7) is 11.2. The van der Waals surface area contributed by atoms with Crippen LogP contribution in [0.1, 0.15) is 54.9 Å². The Morgan fingerprint density at radius 3 is 2.74 bits per heavy atom. The van der Waals surface area contributed by atoms with E-state index >= 15 is 0 Å². The standard InChI is InChI=1S/C29H37N7O2S/c1-6-19-13-21(15-31-26(19)30-3)32-27(37)29(38)36-16-18(2)7-9-23(36)20-8-10-25-22(14-20)33-28(39-25)24-17-34(4)11-12-35(24)5/h8,10,13-15,18,23-24H,3,6-7,9,11-12,16-17H2,1-2,4-5H3,(H,32,37)/t18-,23+,24?/m0/s1. The fourth-order valence-electron chi connectivity index (χ4n) is 5.60. The molecule has 2 saturated heterocycles. The lowest BCUT2D eigenvalue weighted by Crippen LogP contribution is -2.46. The molecular weight excluding hydrogens is 510 g/mol. The number of thiazole rings is 1. The number of benzene rings is 1. The second kappa shape index (κ2) is 11.5. The fraction of sp³-hybridized carbons (Fsp3) is 0.483. The molecule has 2 amide bonds. The summed E-state index contributed by atoms with van der Waals surface area (Å²) in [5.41, 5.74) is 3.33. The Kier molecular flexibility index (Phi) is 8.06. The van der Waals surface area contributed by atoms with Gasteiger partial charge in [-0.15, -0.1) is 11.3 Å². The number of carbonyl (C=O) groups is 2. The van der Waals surface area contributed by atoms with Crippen LogP contribution in [0.4, 0.5) is 11.5 Å². The number of piperazine rings is 1. The van der Waals surface area contributed by atoms with E-state index in [0.717, 1.165) is 58.8 Å². The first-order valence-corrected chi connectivity index (χ1v) is 14.5. The van der Waals surface area contributed by atoms with Gasteiger partial charge in [0.15, 0.2) is 5.82 Å². The van der Waals surface area contributed by atoms with E-state index in [1.807, 2.05) is 6.92 Å². The molecule has 2 fully saturated rings. The van der Waals surface area contributed by atoms with E-state index in [0.29, 0.717) is 30.4 Å². The van der Waals surface area contributed by atoms with Crippen molar-refractivity contribution in [3.8, 4) is 0 Å². The lowest BCUT2D eigenvalue weighted by atomic mass is 9.89. The van der Waals surface area contributed by atoms with Gasteiger partial charge in [0.25, 0.3) is 0 Å². The molecule has 9 nitrogen and oxygen atoms in total. The molecular formula is C29H37N7O2S. The summed E-state index contributed by atoms with van der Waals surface area (Å²) in [7, 11) is 4.32. The molecule has 2 aromatic heterocycles. The number of anilines is 1. The van der Waals surface area contributed by atoms with Crippen LogP contribution in [0.2, 0.25) is 0 Å². The van der Waals surface area contributed by atoms with E-state index in [2.05, 4.69) is 71.0 Å². The molecule has 0 bridgehead atoms. The van der Waals surface area contributed by atoms with E-state index < -0.39 is 11.8 Å². The number of carbonyl (C=O) groups excluding carboxylic acids is 2. The number of hydrogen-bond donors (Lipinski definition) is 1. The number of fused-ring (bicyclic) bond motifs is 1. The molecule has 0 radical (unpaired) electrons. The van der Waals surface area contributed by atoms with Gasteiger partial charge in [-0.1, -0.05) is 19.9 Å². The average molecular weight is 548 g/mol. The predicted octanol–water partition coefficient (Wildman–Crippen LogP) is 4.44. The topological polar surface area (TPSA) is 94.0 Å². The molecule has 1 aromatic carbocycles. The van der Waals surface area contributed by atoms with Crippen molar-refractivity contribution in [3.05, 3.63) is 46.6 Å². The highest BCUT2D eigenvalue weighted by atomic mass is 32.1. The highest BCUT2D eigenvalue weighted by Crippen LogP contribution is 2.37. The third-order valence-corrected chi connectivity index (χ3v) is 9.09. The van der Waals surface area contributed by atoms with Crippen molar-refractivity contribution in [3.63, 3.8) is 0 Å². The summed E-state index contributed by atoms with van der Waals surface area (Å²) in [6.07, 6.45) is 4.01. The number of likely N-dealkylation sites (N-methyl/N-ethyl adjacent to an activating group) is 2. The van der Waals surface area contributed by atoms with E-state index in [9.17, 15) is 9.59 Å². The van der Waals surface area contributed by atoms with Gasteiger partial charge in [-0.3, -0.25) is 14.5 Å². The monoisotopic (exact) mass is 547 g/mol. The number of nitrogens with one attached hydrogen (secondary N) is 1. The van der Waals surface area contributed by atoms with Crippen LogP contribution in [0.25, 0.3) is 10.2 Å². The van der Waals surface area contributed by atoms with Gasteiger partial charge < -0.3 is 15.1 Å². The smallest absolute Gasteiger partial charge is 0.313 e. The van der Waals surface area contributed by atoms with Crippen molar-refractivity contribution in [2.24, 2.45) is 10.9 Å². The zero-order valence-corrected chi connectivity index (χ0v) is 24.0. The minimum atomic E-state index is -0.654. The van der Waals surface area contributed by atoms with Crippen LogP contribution < -0.4 is 5.32 Å². The van der Waals surface area contributed by atoms with Crippen LogP contribution in [-0.4, -0.2) is 83.5 Å². The number of likely N-dealkylation sites (tertiary alicyclic amines) is 1. The van der Waals surface area contributed by atoms with Crippen LogP contribution in [0.5, 0.6) is 0 Å². The average Bonchev–Trinajstić information content (AvgIpc) is 3.37. The molecule has 0 saturated carbocycles. The van der Waals surface area contributed by atoms with Crippen molar-refractivity contribution in [1.82, 2.24) is 24.7 Å². The third-order valence-electron chi connectivity index (χ3n) is 7.95. The summed E-state index contributed by atoms with van der Waals surface area (Å²) < 4.78 is 1.15. The summed E-state index contributed by atoms with van der Waals surface area (Å²) in [6, 6.07) is 8.23. The van der Waals surface area contributed by atoms with E-state index in [1.54, 1.807) is 22.3 Å². The molecule has 3 aromatic rings. The molecule has 39 heavy (non-hydrogen) atoms. The minimum absolute atomic E-state index is 0.172. The molecule has 206 valence electrons. The normalized spacial score (nSPS) is 22.7. The first kappa shape index (κ1) is 27.4. The van der Waals surface area contributed by atoms with Gasteiger partial charge >= 0.3 is 11.8 Å². The number of amides is 2. The molecule has 2 aliphatic heterocycles. The number of aromatic nitrogens is 2. The van der Waals surface area contributed by atoms with Crippen LogP contribution in [0.3, 0.4) is 0 Å². The molecule has 1 unspecified atom stereocenters. The van der Waals surface area contributed by atoms with Gasteiger partial charge in [-0.05, 0) is 75.3 Å². The predicted molar refractivity (Wildman–Crippen MR) is 157 cm³/mol. The summed E-state index contributed by atoms with van der Waals surface area (Å²) in [5.74, 6) is -0.326. The van der Waals surface area contributed by atoms with Crippen LogP contribution >= 0.6 is 11.3 Å². The maximum Gasteiger partial charge on any atom is 0.313 e. The summed E-state index contributed by atoms with van der Waals surface area (Å²) in [4.78, 5) is 46.3. The van der Waals surface area contributed by atoms with Crippen molar-refractivity contribution in [2.75, 3.05) is 45.6 Å². The quantitative estimate of drug-likeness (QED) is 0.375. The first-order chi connectivity index (χ1) is 18.8. The molecule has 10 heteroatoms. The zero-order valence-electron chi connectivity index (χ0n) is 23.2. The molecule has 1 N–H and O–H groups in total. The second-order valence-electron chi connectivity index (χ2n) is 10.9. The van der Waals surface area contributed by atoms with Crippen molar-refractivity contribution in [2.45, 2.75) is 45.2 Å². The Hall–Kier alpha value is -3.21.